The molecule has 0 atom stereocenters. The normalized spacial score (nSPS) is 11.4. The first kappa shape index (κ1) is 14.7. The molecule has 90 valence electrons. The van der Waals surface area contributed by atoms with Crippen LogP contribution in [0.4, 0.5) is 0 Å². The van der Waals surface area contributed by atoms with Crippen molar-refractivity contribution in [2.75, 3.05) is 20.1 Å². The largest absolute Gasteiger partial charge is 0.294 e. The van der Waals surface area contributed by atoms with Gasteiger partial charge in [-0.15, -0.1) is 0 Å². The molecule has 0 fully saturated rings. The van der Waals surface area contributed by atoms with Gasteiger partial charge in [-0.05, 0) is 33.9 Å². The van der Waals surface area contributed by atoms with Crippen molar-refractivity contribution in [1.29, 1.82) is 0 Å². The summed E-state index contributed by atoms with van der Waals surface area (Å²) >= 11 is 0. The molecular formula is C12H21N3O. The molecule has 3 N–H and O–H groups in total. The van der Waals surface area contributed by atoms with E-state index in [4.69, 9.17) is 5.84 Å². The zero-order valence-corrected chi connectivity index (χ0v) is 10.5. The summed E-state index contributed by atoms with van der Waals surface area (Å²) in [4.78, 5) is 12.8. The smallest absolute Gasteiger partial charge is 0.248 e. The lowest BCUT2D eigenvalue weighted by Crippen LogP contribution is -2.38. The third-order valence-corrected chi connectivity index (χ3v) is 1.64. The Kier molecular flexibility index (Phi) is 6.47. The number of allylic oxidation sites excluding steroid dienone is 1. The number of nitrogens with two attached hydrogens (primary N) is 1. The second-order valence-electron chi connectivity index (χ2n) is 4.69. The fourth-order valence-electron chi connectivity index (χ4n) is 0.905. The second-order valence-corrected chi connectivity index (χ2v) is 4.69. The number of carbonyl (C=O) groups excluding carboxylic acids is 1. The molecule has 0 aliphatic heterocycles. The Morgan fingerprint density at radius 1 is 1.50 bits per heavy atom. The van der Waals surface area contributed by atoms with Crippen LogP contribution in [0.2, 0.25) is 0 Å². The van der Waals surface area contributed by atoms with Crippen molar-refractivity contribution in [3.05, 3.63) is 12.2 Å². The van der Waals surface area contributed by atoms with Gasteiger partial charge in [0.1, 0.15) is 0 Å². The minimum atomic E-state index is -0.198. The molecule has 0 saturated heterocycles. The average Bonchev–Trinajstić information content (AvgIpc) is 2.15. The maximum absolute atomic E-state index is 10.9. The van der Waals surface area contributed by atoms with Crippen LogP contribution in [0.1, 0.15) is 20.8 Å². The molecule has 1 amide bonds. The molecule has 0 saturated carbocycles. The van der Waals surface area contributed by atoms with Crippen LogP contribution in [0.3, 0.4) is 0 Å². The van der Waals surface area contributed by atoms with Gasteiger partial charge in [-0.1, -0.05) is 17.9 Å². The Balaban J connectivity index is 3.91. The maximum atomic E-state index is 10.9. The summed E-state index contributed by atoms with van der Waals surface area (Å²) in [6.45, 7) is 7.14. The van der Waals surface area contributed by atoms with Crippen LogP contribution in [0, 0.1) is 17.3 Å². The van der Waals surface area contributed by atoms with Crippen LogP contribution < -0.4 is 11.3 Å². The van der Waals surface area contributed by atoms with E-state index < -0.39 is 0 Å². The molecule has 0 aliphatic carbocycles. The number of amides is 1. The third kappa shape index (κ3) is 9.25. The van der Waals surface area contributed by atoms with Crippen molar-refractivity contribution >= 4 is 5.91 Å². The molecule has 0 radical (unpaired) electrons. The van der Waals surface area contributed by atoms with E-state index in [1.54, 1.807) is 0 Å². The van der Waals surface area contributed by atoms with Crippen molar-refractivity contribution in [1.82, 2.24) is 10.3 Å². The van der Waals surface area contributed by atoms with Crippen molar-refractivity contribution in [2.45, 2.75) is 20.8 Å². The van der Waals surface area contributed by atoms with E-state index in [1.165, 1.54) is 0 Å². The zero-order chi connectivity index (χ0) is 12.6. The first-order chi connectivity index (χ1) is 7.35. The number of rotatable bonds is 4. The van der Waals surface area contributed by atoms with Crippen molar-refractivity contribution in [3.63, 3.8) is 0 Å². The highest BCUT2D eigenvalue weighted by atomic mass is 16.2. The molecule has 0 aliphatic rings. The summed E-state index contributed by atoms with van der Waals surface area (Å²) < 4.78 is 0. The highest BCUT2D eigenvalue weighted by Crippen LogP contribution is 2.09. The number of hydrogen-bond donors (Lipinski definition) is 2. The average molecular weight is 223 g/mol. The fourth-order valence-corrected chi connectivity index (χ4v) is 0.905. The van der Waals surface area contributed by atoms with Gasteiger partial charge in [0.2, 0.25) is 5.91 Å². The number of hydrazine groups is 1. The van der Waals surface area contributed by atoms with Crippen LogP contribution in [-0.4, -0.2) is 30.9 Å². The lowest BCUT2D eigenvalue weighted by atomic mass is 9.98. The molecule has 0 unspecified atom stereocenters. The van der Waals surface area contributed by atoms with E-state index in [0.717, 1.165) is 0 Å². The fraction of sp³-hybridized carbons (Fsp3) is 0.583. The molecule has 0 bridgehead atoms. The predicted octanol–water partition coefficient (Wildman–Crippen LogP) is 0.514. The van der Waals surface area contributed by atoms with E-state index in [-0.39, 0.29) is 17.9 Å². The van der Waals surface area contributed by atoms with Crippen molar-refractivity contribution in [2.24, 2.45) is 11.3 Å². The Morgan fingerprint density at radius 2 is 2.12 bits per heavy atom. The van der Waals surface area contributed by atoms with E-state index in [2.05, 4.69) is 38.0 Å². The van der Waals surface area contributed by atoms with Gasteiger partial charge in [0.25, 0.3) is 0 Å². The number of hydrogen-bond acceptors (Lipinski definition) is 3. The maximum Gasteiger partial charge on any atom is 0.248 e. The van der Waals surface area contributed by atoms with Gasteiger partial charge in [-0.25, -0.2) is 5.84 Å². The summed E-state index contributed by atoms with van der Waals surface area (Å²) in [6.07, 6.45) is 3.73. The Morgan fingerprint density at radius 3 is 2.62 bits per heavy atom. The monoisotopic (exact) mass is 223 g/mol. The number of nitrogens with zero attached hydrogens (tertiary/aromatic N) is 1. The van der Waals surface area contributed by atoms with E-state index in [0.29, 0.717) is 6.54 Å². The molecule has 0 aromatic heterocycles. The summed E-state index contributed by atoms with van der Waals surface area (Å²) in [5.74, 6) is 10.8. The van der Waals surface area contributed by atoms with Crippen LogP contribution in [0.25, 0.3) is 0 Å². The van der Waals surface area contributed by atoms with Crippen LogP contribution in [0.5, 0.6) is 0 Å². The molecule has 0 aromatic rings. The van der Waals surface area contributed by atoms with Gasteiger partial charge in [0.05, 0.1) is 6.54 Å². The molecule has 4 heteroatoms. The lowest BCUT2D eigenvalue weighted by Gasteiger charge is -2.11. The molecule has 0 aromatic carbocycles. The van der Waals surface area contributed by atoms with Gasteiger partial charge in [0.15, 0.2) is 0 Å². The van der Waals surface area contributed by atoms with E-state index in [9.17, 15) is 4.79 Å². The minimum Gasteiger partial charge on any atom is -0.294 e. The van der Waals surface area contributed by atoms with Crippen LogP contribution in [0.15, 0.2) is 12.2 Å². The zero-order valence-electron chi connectivity index (χ0n) is 10.5. The van der Waals surface area contributed by atoms with Gasteiger partial charge < -0.3 is 0 Å². The van der Waals surface area contributed by atoms with Gasteiger partial charge in [-0.3, -0.25) is 15.1 Å². The molecule has 0 spiro atoms. The van der Waals surface area contributed by atoms with Gasteiger partial charge >= 0.3 is 0 Å². The standard InChI is InChI=1S/C12H21N3O/c1-12(2,3)8-6-5-7-9-15(4)10-11(16)14-13/h5,7H,9-10,13H2,1-4H3,(H,14,16). The number of likely N-dealkylation sites (N-methyl/N-ethyl adjacent to an activating group) is 1. The topological polar surface area (TPSA) is 58.4 Å². The SMILES string of the molecule is CN(CC=CC#CC(C)(C)C)CC(=O)NN. The first-order valence-electron chi connectivity index (χ1n) is 5.21. The van der Waals surface area contributed by atoms with Crippen molar-refractivity contribution < 1.29 is 4.79 Å². The summed E-state index contributed by atoms with van der Waals surface area (Å²) in [5, 5.41) is 0. The summed E-state index contributed by atoms with van der Waals surface area (Å²) in [7, 11) is 1.84. The third-order valence-electron chi connectivity index (χ3n) is 1.64. The Bertz CT molecular complexity index is 304. The predicted molar refractivity (Wildman–Crippen MR) is 66.2 cm³/mol. The summed E-state index contributed by atoms with van der Waals surface area (Å²) in [6, 6.07) is 0. The van der Waals surface area contributed by atoms with Gasteiger partial charge in [0, 0.05) is 12.0 Å². The first-order valence-corrected chi connectivity index (χ1v) is 5.21. The Labute approximate surface area is 97.8 Å². The van der Waals surface area contributed by atoms with E-state index >= 15 is 0 Å². The second kappa shape index (κ2) is 7.04. The van der Waals surface area contributed by atoms with Crippen LogP contribution in [-0.2, 0) is 4.79 Å². The quantitative estimate of drug-likeness (QED) is 0.316. The molecule has 0 rings (SSSR count). The van der Waals surface area contributed by atoms with E-state index in [1.807, 2.05) is 24.1 Å². The molecule has 4 nitrogen and oxygen atoms in total. The van der Waals surface area contributed by atoms with Crippen molar-refractivity contribution in [3.8, 4) is 11.8 Å². The highest BCUT2D eigenvalue weighted by molar-refractivity contribution is 5.77. The summed E-state index contributed by atoms with van der Waals surface area (Å²) in [5.41, 5.74) is 2.11. The van der Waals surface area contributed by atoms with Crippen LogP contribution >= 0.6 is 0 Å². The number of carbonyl (C=O) groups is 1. The minimum absolute atomic E-state index is 0.0235. The highest BCUT2D eigenvalue weighted by Gasteiger charge is 2.03. The molecule has 16 heavy (non-hydrogen) atoms. The van der Waals surface area contributed by atoms with Gasteiger partial charge in [-0.2, -0.15) is 0 Å². The Hall–Kier alpha value is -1.31. The number of nitrogens with one attached hydrogen (secondary N) is 1. The molecule has 0 heterocycles. The lowest BCUT2D eigenvalue weighted by molar-refractivity contribution is -0.121. The molecular weight excluding hydrogens is 202 g/mol.